The number of hydrogen-bond acceptors (Lipinski definition) is 5. The Morgan fingerprint density at radius 3 is 2.72 bits per heavy atom. The third kappa shape index (κ3) is 4.51. The van der Waals surface area contributed by atoms with Crippen LogP contribution in [0.5, 0.6) is 0 Å². The topological polar surface area (TPSA) is 113 Å². The monoisotopic (exact) mass is 461 g/mol. The number of imidazole rings is 1. The fourth-order valence-corrected chi connectivity index (χ4v) is 4.31. The van der Waals surface area contributed by atoms with Crippen LogP contribution in [-0.2, 0) is 0 Å². The van der Waals surface area contributed by atoms with Gasteiger partial charge in [-0.25, -0.2) is 9.18 Å². The van der Waals surface area contributed by atoms with Crippen LogP contribution in [0.4, 0.5) is 10.1 Å². The van der Waals surface area contributed by atoms with Crippen molar-refractivity contribution < 1.29 is 14.1 Å². The van der Waals surface area contributed by atoms with E-state index in [9.17, 15) is 24.1 Å². The Morgan fingerprint density at radius 2 is 2.00 bits per heavy atom. The van der Waals surface area contributed by atoms with Gasteiger partial charge < -0.3 is 15.2 Å². The lowest BCUT2D eigenvalue weighted by atomic mass is 10.0. The number of rotatable bonds is 6. The van der Waals surface area contributed by atoms with Crippen LogP contribution in [0.1, 0.15) is 29.2 Å². The summed E-state index contributed by atoms with van der Waals surface area (Å²) in [4.78, 5) is 40.0. The van der Waals surface area contributed by atoms with Crippen LogP contribution in [0.3, 0.4) is 0 Å². The number of piperidine rings is 1. The van der Waals surface area contributed by atoms with E-state index in [2.05, 4.69) is 15.2 Å². The van der Waals surface area contributed by atoms with Crippen LogP contribution in [0, 0.1) is 15.9 Å². The summed E-state index contributed by atoms with van der Waals surface area (Å²) in [5.74, 6) is -1.39. The van der Waals surface area contributed by atoms with Gasteiger partial charge in [-0.1, -0.05) is 11.6 Å². The van der Waals surface area contributed by atoms with Gasteiger partial charge in [0.05, 0.1) is 22.0 Å². The number of carbonyl (C=O) groups is 1. The highest BCUT2D eigenvalue weighted by molar-refractivity contribution is 6.31. The molecule has 1 amide bonds. The van der Waals surface area contributed by atoms with E-state index in [-0.39, 0.29) is 17.3 Å². The van der Waals surface area contributed by atoms with Gasteiger partial charge in [0.1, 0.15) is 11.4 Å². The first-order chi connectivity index (χ1) is 15.3. The molecule has 4 rings (SSSR count). The maximum Gasteiger partial charge on any atom is 0.326 e. The molecule has 9 nitrogen and oxygen atoms in total. The van der Waals surface area contributed by atoms with E-state index in [0.29, 0.717) is 23.6 Å². The normalized spacial score (nSPS) is 15.2. The van der Waals surface area contributed by atoms with Gasteiger partial charge in [-0.2, -0.15) is 0 Å². The van der Waals surface area contributed by atoms with Gasteiger partial charge >= 0.3 is 5.69 Å². The second-order valence-electron chi connectivity index (χ2n) is 7.71. The number of aromatic nitrogens is 2. The minimum atomic E-state index is -0.774. The number of nitrogens with one attached hydrogen (secondary N) is 2. The van der Waals surface area contributed by atoms with Crippen molar-refractivity contribution in [2.75, 3.05) is 26.2 Å². The molecule has 1 aliphatic heterocycles. The lowest BCUT2D eigenvalue weighted by molar-refractivity contribution is -0.385. The minimum Gasteiger partial charge on any atom is -0.351 e. The van der Waals surface area contributed by atoms with E-state index in [1.54, 1.807) is 16.7 Å². The molecular weight excluding hydrogens is 441 g/mol. The lowest BCUT2D eigenvalue weighted by Crippen LogP contribution is -2.41. The molecule has 11 heteroatoms. The highest BCUT2D eigenvalue weighted by Gasteiger charge is 2.24. The molecule has 0 aliphatic carbocycles. The van der Waals surface area contributed by atoms with E-state index in [4.69, 9.17) is 11.6 Å². The van der Waals surface area contributed by atoms with Gasteiger partial charge in [-0.15, -0.1) is 0 Å². The molecule has 2 heterocycles. The minimum absolute atomic E-state index is 0.0603. The number of benzene rings is 2. The first kappa shape index (κ1) is 22.0. The number of halogens is 2. The Hall–Kier alpha value is -3.24. The summed E-state index contributed by atoms with van der Waals surface area (Å²) >= 11 is 6.01. The van der Waals surface area contributed by atoms with Crippen molar-refractivity contribution in [3.05, 3.63) is 73.4 Å². The number of nitrogens with zero attached hydrogens (tertiary/aromatic N) is 3. The molecule has 0 radical (unpaired) electrons. The third-order valence-corrected chi connectivity index (χ3v) is 5.95. The Bertz CT molecular complexity index is 1230. The standard InChI is InChI=1S/C21H21ClFN5O4/c22-13-1-4-18-17(11-13)25-21(30)27(18)15-5-8-26(9-6-15)10-7-24-20(29)16-3-2-14(23)12-19(16)28(31)32/h1-4,11-12,15H,5-10H2,(H,24,29)(H,25,30). The molecule has 0 spiro atoms. The van der Waals surface area contributed by atoms with Crippen molar-refractivity contribution in [1.82, 2.24) is 19.8 Å². The van der Waals surface area contributed by atoms with Gasteiger partial charge in [0.25, 0.3) is 11.6 Å². The molecule has 0 atom stereocenters. The van der Waals surface area contributed by atoms with Crippen LogP contribution in [0.25, 0.3) is 11.0 Å². The number of hydrogen-bond donors (Lipinski definition) is 2. The van der Waals surface area contributed by atoms with Gasteiger partial charge in [-0.05, 0) is 43.2 Å². The zero-order valence-corrected chi connectivity index (χ0v) is 17.8. The fourth-order valence-electron chi connectivity index (χ4n) is 4.14. The van der Waals surface area contributed by atoms with E-state index in [0.717, 1.165) is 49.6 Å². The predicted molar refractivity (Wildman–Crippen MR) is 118 cm³/mol. The Balaban J connectivity index is 1.32. The van der Waals surface area contributed by atoms with Crippen LogP contribution >= 0.6 is 11.6 Å². The second-order valence-corrected chi connectivity index (χ2v) is 8.15. The maximum absolute atomic E-state index is 13.3. The first-order valence-corrected chi connectivity index (χ1v) is 10.6. The number of carbonyl (C=O) groups excluding carboxylic acids is 1. The van der Waals surface area contributed by atoms with E-state index < -0.39 is 22.3 Å². The zero-order chi connectivity index (χ0) is 22.8. The molecule has 1 aliphatic rings. The van der Waals surface area contributed by atoms with Crippen LogP contribution in [-0.4, -0.2) is 51.5 Å². The summed E-state index contributed by atoms with van der Waals surface area (Å²) in [6, 6.07) is 8.26. The van der Waals surface area contributed by atoms with Gasteiger partial charge in [0, 0.05) is 37.2 Å². The van der Waals surface area contributed by atoms with Crippen molar-refractivity contribution in [2.45, 2.75) is 18.9 Å². The quantitative estimate of drug-likeness (QED) is 0.432. The lowest BCUT2D eigenvalue weighted by Gasteiger charge is -2.32. The molecule has 32 heavy (non-hydrogen) atoms. The average molecular weight is 462 g/mol. The largest absolute Gasteiger partial charge is 0.351 e. The second kappa shape index (κ2) is 9.09. The number of likely N-dealkylation sites (tertiary alicyclic amines) is 1. The molecule has 3 aromatic rings. The van der Waals surface area contributed by atoms with Crippen LogP contribution < -0.4 is 11.0 Å². The van der Waals surface area contributed by atoms with Crippen molar-refractivity contribution >= 4 is 34.2 Å². The number of amides is 1. The van der Waals surface area contributed by atoms with E-state index in [1.807, 2.05) is 6.07 Å². The smallest absolute Gasteiger partial charge is 0.326 e. The van der Waals surface area contributed by atoms with E-state index >= 15 is 0 Å². The average Bonchev–Trinajstić information content (AvgIpc) is 3.08. The number of aromatic amines is 1. The molecule has 0 unspecified atom stereocenters. The zero-order valence-electron chi connectivity index (χ0n) is 17.0. The summed E-state index contributed by atoms with van der Waals surface area (Å²) in [7, 11) is 0. The molecular formula is C21H21ClFN5O4. The van der Waals surface area contributed by atoms with E-state index in [1.165, 1.54) is 0 Å². The van der Waals surface area contributed by atoms with Crippen LogP contribution in [0.15, 0.2) is 41.2 Å². The number of fused-ring (bicyclic) bond motifs is 1. The highest BCUT2D eigenvalue weighted by atomic mass is 35.5. The summed E-state index contributed by atoms with van der Waals surface area (Å²) in [5.41, 5.74) is 0.644. The summed E-state index contributed by atoms with van der Waals surface area (Å²) in [6.45, 7) is 2.34. The molecule has 0 bridgehead atoms. The van der Waals surface area contributed by atoms with Crippen molar-refractivity contribution in [2.24, 2.45) is 0 Å². The fraction of sp³-hybridized carbons (Fsp3) is 0.333. The predicted octanol–water partition coefficient (Wildman–Crippen LogP) is 3.10. The summed E-state index contributed by atoms with van der Waals surface area (Å²) < 4.78 is 15.0. The molecule has 1 saturated heterocycles. The van der Waals surface area contributed by atoms with Crippen LogP contribution in [0.2, 0.25) is 5.02 Å². The highest BCUT2D eigenvalue weighted by Crippen LogP contribution is 2.26. The molecule has 1 aromatic heterocycles. The van der Waals surface area contributed by atoms with Gasteiger partial charge in [-0.3, -0.25) is 19.5 Å². The number of H-pyrrole nitrogens is 1. The molecule has 168 valence electrons. The SMILES string of the molecule is O=C(NCCN1CCC(n2c(=O)[nH]c3cc(Cl)ccc32)CC1)c1ccc(F)cc1[N+](=O)[O-]. The molecule has 0 saturated carbocycles. The third-order valence-electron chi connectivity index (χ3n) is 5.72. The van der Waals surface area contributed by atoms with Gasteiger partial charge in [0.15, 0.2) is 0 Å². The van der Waals surface area contributed by atoms with Gasteiger partial charge in [0.2, 0.25) is 0 Å². The molecule has 2 N–H and O–H groups in total. The summed E-state index contributed by atoms with van der Waals surface area (Å²) in [6.07, 6.45) is 1.54. The molecule has 2 aromatic carbocycles. The number of nitro benzene ring substituents is 1. The Kier molecular flexibility index (Phi) is 6.24. The van der Waals surface area contributed by atoms with Crippen molar-refractivity contribution in [3.8, 4) is 0 Å². The Morgan fingerprint density at radius 1 is 1.25 bits per heavy atom. The summed E-state index contributed by atoms with van der Waals surface area (Å²) in [5, 5.41) is 14.3. The Labute approximate surface area is 186 Å². The van der Waals surface area contributed by atoms with Crippen molar-refractivity contribution in [1.29, 1.82) is 0 Å². The first-order valence-electron chi connectivity index (χ1n) is 10.2. The van der Waals surface area contributed by atoms with Crippen molar-refractivity contribution in [3.63, 3.8) is 0 Å². The maximum atomic E-state index is 13.3. The molecule has 1 fully saturated rings. The number of nitro groups is 1.